The molecule has 8 aliphatic heterocycles. The van der Waals surface area contributed by atoms with Crippen LogP contribution in [0.25, 0.3) is 20.7 Å². The Bertz CT molecular complexity index is 2630. The number of hydrogen-bond donors (Lipinski definition) is 0. The number of ether oxygens (including phenoxy) is 4. The Kier molecular flexibility index (Phi) is 13.0. The largest absolute Gasteiger partial charge is 0.461 e. The molecular weight excluding hydrogens is 1020 g/mol. The number of carbonyl (C=O) groups is 2. The molecule has 8 fully saturated rings. The van der Waals surface area contributed by atoms with E-state index in [1.807, 2.05) is 51.3 Å². The average molecular weight is 1090 g/mol. The number of anilines is 2. The lowest BCUT2D eigenvalue weighted by atomic mass is 9.95. The highest BCUT2D eigenvalue weighted by Gasteiger charge is 2.52. The van der Waals surface area contributed by atoms with Gasteiger partial charge in [-0.25, -0.2) is 28.3 Å². The van der Waals surface area contributed by atoms with E-state index >= 15 is 0 Å². The summed E-state index contributed by atoms with van der Waals surface area (Å²) in [5.41, 5.74) is 1.72. The van der Waals surface area contributed by atoms with Gasteiger partial charge in [0.05, 0.1) is 40.8 Å². The highest BCUT2D eigenvalue weighted by molar-refractivity contribution is 9.11. The van der Waals surface area contributed by atoms with Crippen molar-refractivity contribution in [3.05, 3.63) is 9.43 Å². The maximum atomic E-state index is 14.2. The van der Waals surface area contributed by atoms with Crippen LogP contribution in [0.5, 0.6) is 12.0 Å². The molecule has 12 rings (SSSR count). The van der Waals surface area contributed by atoms with Crippen LogP contribution in [0.15, 0.2) is 9.43 Å². The molecule has 4 aromatic rings. The highest BCUT2D eigenvalue weighted by atomic mass is 79.9. The average Bonchev–Trinajstić information content (AvgIpc) is 4.17. The lowest BCUT2D eigenvalue weighted by Crippen LogP contribution is -2.57. The van der Waals surface area contributed by atoms with Gasteiger partial charge in [-0.3, -0.25) is 19.6 Å². The molecule has 4 unspecified atom stereocenters. The number of rotatable bonds is 8. The number of carbonyl (C=O) groups excluding carboxylic acids is 2. The summed E-state index contributed by atoms with van der Waals surface area (Å²) in [6, 6.07) is 0.883. The Morgan fingerprint density at radius 3 is 1.58 bits per heavy atom. The molecule has 0 aromatic carbocycles. The number of nitrogens with zero attached hydrogens (tertiary/aromatic N) is 12. The van der Waals surface area contributed by atoms with E-state index in [1.165, 1.54) is 22.7 Å². The summed E-state index contributed by atoms with van der Waals surface area (Å²) in [7, 11) is 0. The Morgan fingerprint density at radius 1 is 0.662 bits per heavy atom. The standard InChI is InChI=1S/C24H32BrFN6O3S.C24H33FN6O3S/c1-23(2,3)35-22(33)32-15-5-6-16(32)12-30(11-15)18-17-19(36-20(25)27-17)29-21(28-18)34-13-24-7-4-8-31(24)10-14(26)9-24;1-23(2,3)34-22(32)31-16-5-6-17(31)12-29(11-16)19-18-20(35-14-26-18)28-21(27-19)33-13-24-7-4-8-30(24)10-15(25)9-24/h14-16H,4-13H2,1-3H3;14-17H,4-13H2,1-3H3/t14-,15?,16?,24+;15-,16?,17?,24+/m11/s1. The molecule has 0 aliphatic carbocycles. The second-order valence-electron chi connectivity index (χ2n) is 22.9. The van der Waals surface area contributed by atoms with E-state index in [-0.39, 0.29) is 47.4 Å². The second kappa shape index (κ2) is 18.7. The van der Waals surface area contributed by atoms with Crippen molar-refractivity contribution in [1.29, 1.82) is 0 Å². The molecule has 0 saturated carbocycles. The molecular formula is C48H65BrF2N12O6S2. The highest BCUT2D eigenvalue weighted by Crippen LogP contribution is 2.44. The van der Waals surface area contributed by atoms with Gasteiger partial charge in [0.1, 0.15) is 47.8 Å². The lowest BCUT2D eigenvalue weighted by Gasteiger charge is -2.41. The first kappa shape index (κ1) is 49.2. The predicted octanol–water partition coefficient (Wildman–Crippen LogP) is 8.02. The van der Waals surface area contributed by atoms with Crippen molar-refractivity contribution < 1.29 is 37.3 Å². The smallest absolute Gasteiger partial charge is 0.410 e. The molecule has 12 heterocycles. The lowest BCUT2D eigenvalue weighted by molar-refractivity contribution is 0.0111. The van der Waals surface area contributed by atoms with Crippen molar-refractivity contribution >= 4 is 83.1 Å². The molecule has 18 nitrogen and oxygen atoms in total. The maximum Gasteiger partial charge on any atom is 0.410 e. The van der Waals surface area contributed by atoms with Gasteiger partial charge in [-0.2, -0.15) is 19.9 Å². The van der Waals surface area contributed by atoms with Crippen LogP contribution in [0.3, 0.4) is 0 Å². The number of piperazine rings is 2. The van der Waals surface area contributed by atoms with Gasteiger partial charge in [0.25, 0.3) is 0 Å². The summed E-state index contributed by atoms with van der Waals surface area (Å²) in [5, 5.41) is 0. The van der Waals surface area contributed by atoms with Crippen LogP contribution < -0.4 is 19.3 Å². The van der Waals surface area contributed by atoms with Gasteiger partial charge in [0, 0.05) is 52.1 Å². The third-order valence-corrected chi connectivity index (χ3v) is 17.7. The Labute approximate surface area is 429 Å². The summed E-state index contributed by atoms with van der Waals surface area (Å²) in [5.74, 6) is 1.48. The first-order valence-electron chi connectivity index (χ1n) is 25.3. The molecule has 0 spiro atoms. The summed E-state index contributed by atoms with van der Waals surface area (Å²) in [6.45, 7) is 17.6. The van der Waals surface area contributed by atoms with E-state index in [4.69, 9.17) is 28.9 Å². The molecule has 71 heavy (non-hydrogen) atoms. The molecule has 8 saturated heterocycles. The van der Waals surface area contributed by atoms with Gasteiger partial charge in [-0.1, -0.05) is 11.3 Å². The normalized spacial score (nSPS) is 30.5. The van der Waals surface area contributed by atoms with Gasteiger partial charge in [-0.15, -0.1) is 11.3 Å². The van der Waals surface area contributed by atoms with Gasteiger partial charge in [0.15, 0.2) is 25.2 Å². The van der Waals surface area contributed by atoms with Crippen LogP contribution in [0.2, 0.25) is 0 Å². The third kappa shape index (κ3) is 9.79. The SMILES string of the molecule is CC(C)(C)OC(=O)N1C2CCC1CN(c1nc(OC[C@@]34CCCN3C[C@H](F)C4)nc3sc(Br)nc13)C2.CC(C)(C)OC(=O)N1C2CCC1CN(c1nc(OC[C@@]34CCCN3C[C@H](F)C4)nc3scnc13)C2. The van der Waals surface area contributed by atoms with Crippen molar-refractivity contribution in [3.8, 4) is 12.0 Å². The van der Waals surface area contributed by atoms with Crippen LogP contribution in [0.4, 0.5) is 30.0 Å². The monoisotopic (exact) mass is 1090 g/mol. The second-order valence-corrected chi connectivity index (χ2v) is 26.0. The molecule has 0 N–H and O–H groups in total. The molecule has 0 radical (unpaired) electrons. The fourth-order valence-corrected chi connectivity index (χ4v) is 14.7. The molecule has 8 atom stereocenters. The number of halogens is 3. The van der Waals surface area contributed by atoms with Gasteiger partial charge in [-0.05, 0) is 122 Å². The Morgan fingerprint density at radius 2 is 1.11 bits per heavy atom. The van der Waals surface area contributed by atoms with E-state index < -0.39 is 23.5 Å². The molecule has 4 bridgehead atoms. The minimum absolute atomic E-state index is 0.0565. The van der Waals surface area contributed by atoms with E-state index in [9.17, 15) is 18.4 Å². The maximum absolute atomic E-state index is 14.2. The van der Waals surface area contributed by atoms with E-state index in [1.54, 1.807) is 5.51 Å². The van der Waals surface area contributed by atoms with Crippen molar-refractivity contribution in [3.63, 3.8) is 0 Å². The number of amides is 2. The Balaban J connectivity index is 0.000000154. The van der Waals surface area contributed by atoms with Crippen LogP contribution in [-0.4, -0.2) is 186 Å². The zero-order valence-electron chi connectivity index (χ0n) is 41.5. The number of fused-ring (bicyclic) bond motifs is 8. The third-order valence-electron chi connectivity index (χ3n) is 15.6. The van der Waals surface area contributed by atoms with Crippen LogP contribution in [-0.2, 0) is 9.47 Å². The van der Waals surface area contributed by atoms with Gasteiger partial charge < -0.3 is 28.7 Å². The molecule has 2 amide bonds. The van der Waals surface area contributed by atoms with E-state index in [2.05, 4.69) is 55.5 Å². The zero-order chi connectivity index (χ0) is 49.6. The van der Waals surface area contributed by atoms with Crippen molar-refractivity contribution in [2.45, 2.75) is 165 Å². The fourth-order valence-electron chi connectivity index (χ4n) is 12.7. The minimum atomic E-state index is -0.804. The molecule has 8 aliphatic rings. The molecule has 386 valence electrons. The first-order valence-corrected chi connectivity index (χ1v) is 27.8. The van der Waals surface area contributed by atoms with E-state index in [0.29, 0.717) is 77.3 Å². The van der Waals surface area contributed by atoms with Gasteiger partial charge in [0.2, 0.25) is 0 Å². The van der Waals surface area contributed by atoms with Crippen molar-refractivity contribution in [2.24, 2.45) is 0 Å². The van der Waals surface area contributed by atoms with Crippen LogP contribution in [0.1, 0.15) is 106 Å². The van der Waals surface area contributed by atoms with Crippen molar-refractivity contribution in [1.82, 2.24) is 49.5 Å². The summed E-state index contributed by atoms with van der Waals surface area (Å²) < 4.78 is 52.8. The first-order chi connectivity index (χ1) is 33.8. The van der Waals surface area contributed by atoms with Crippen LogP contribution in [0, 0.1) is 0 Å². The van der Waals surface area contributed by atoms with Gasteiger partial charge >= 0.3 is 24.2 Å². The summed E-state index contributed by atoms with van der Waals surface area (Å²) in [6.07, 6.45) is 6.70. The molecule has 4 aromatic heterocycles. The number of thiazole rings is 2. The summed E-state index contributed by atoms with van der Waals surface area (Å²) in [4.78, 5) is 68.1. The predicted molar refractivity (Wildman–Crippen MR) is 269 cm³/mol. The zero-order valence-corrected chi connectivity index (χ0v) is 44.7. The molecule has 23 heteroatoms. The van der Waals surface area contributed by atoms with Crippen LogP contribution >= 0.6 is 38.6 Å². The Hall–Kier alpha value is -4.06. The fraction of sp³-hybridized carbons (Fsp3) is 0.750. The van der Waals surface area contributed by atoms with E-state index in [0.717, 1.165) is 101 Å². The number of alkyl halides is 2. The minimum Gasteiger partial charge on any atom is -0.461 e. The number of hydrogen-bond acceptors (Lipinski definition) is 18. The summed E-state index contributed by atoms with van der Waals surface area (Å²) >= 11 is 6.40. The van der Waals surface area contributed by atoms with Crippen molar-refractivity contribution in [2.75, 3.05) is 75.4 Å². The quantitative estimate of drug-likeness (QED) is 0.166. The topological polar surface area (TPSA) is 168 Å². The number of aromatic nitrogens is 6.